The first kappa shape index (κ1) is 25.7. The molecule has 0 saturated heterocycles. The molecule has 1 rings (SSSR count). The Morgan fingerprint density at radius 3 is 1.70 bits per heavy atom. The zero-order valence-corrected chi connectivity index (χ0v) is 16.8. The molecule has 0 spiro atoms. The third-order valence-corrected chi connectivity index (χ3v) is 2.25. The smallest absolute Gasteiger partial charge is 0.562 e. The largest absolute Gasteiger partial charge is 3.00 e. The van der Waals surface area contributed by atoms with Gasteiger partial charge in [-0.3, -0.25) is 0 Å². The van der Waals surface area contributed by atoms with Crippen LogP contribution in [0, 0.1) is 31.8 Å². The molecule has 0 amide bonds. The summed E-state index contributed by atoms with van der Waals surface area (Å²) in [5.74, 6) is 1.17. The fourth-order valence-electron chi connectivity index (χ4n) is 1.60. The van der Waals surface area contributed by atoms with Gasteiger partial charge in [0.2, 0.25) is 0 Å². The fraction of sp³-hybridized carbons (Fsp3) is 0.824. The number of nitrogens with one attached hydrogen (secondary N) is 1. The summed E-state index contributed by atoms with van der Waals surface area (Å²) < 4.78 is 0. The average molecular weight is 362 g/mol. The van der Waals surface area contributed by atoms with Crippen LogP contribution < -0.4 is 5.32 Å². The Hall–Kier alpha value is 0.803. The third kappa shape index (κ3) is 31.3. The summed E-state index contributed by atoms with van der Waals surface area (Å²) in [5.41, 5.74) is 0. The molecule has 0 bridgehead atoms. The van der Waals surface area contributed by atoms with E-state index in [9.17, 15) is 0 Å². The number of rotatable bonds is 3. The molecule has 119 valence electrons. The molecule has 20 heavy (non-hydrogen) atoms. The van der Waals surface area contributed by atoms with E-state index in [1.54, 1.807) is 6.92 Å². The summed E-state index contributed by atoms with van der Waals surface area (Å²) in [6.45, 7) is 17.9. The van der Waals surface area contributed by atoms with Crippen molar-refractivity contribution in [3.63, 3.8) is 0 Å². The van der Waals surface area contributed by atoms with E-state index < -0.39 is 0 Å². The summed E-state index contributed by atoms with van der Waals surface area (Å²) in [6.07, 6.45) is 7.15. The Balaban J connectivity index is -0.000000272. The molecule has 0 aromatic heterocycles. The molecule has 1 radical (unpaired) electrons. The molecule has 2 N–H and O–H groups in total. The van der Waals surface area contributed by atoms with Crippen LogP contribution in [0.1, 0.15) is 66.7 Å². The quantitative estimate of drug-likeness (QED) is 0.709. The molecule has 1 saturated carbocycles. The first-order valence-corrected chi connectivity index (χ1v) is 7.66. The zero-order valence-electron chi connectivity index (χ0n) is 14.3. The van der Waals surface area contributed by atoms with Gasteiger partial charge in [0.05, 0.1) is 0 Å². The molecule has 0 aromatic carbocycles. The van der Waals surface area contributed by atoms with Gasteiger partial charge in [-0.25, -0.2) is 0 Å². The first-order chi connectivity index (χ1) is 8.75. The van der Waals surface area contributed by atoms with E-state index in [0.717, 1.165) is 0 Å². The van der Waals surface area contributed by atoms with Crippen LogP contribution in [0.3, 0.4) is 0 Å². The Morgan fingerprint density at radius 2 is 1.40 bits per heavy atom. The summed E-state index contributed by atoms with van der Waals surface area (Å²) in [5, 5.41) is 12.3. The van der Waals surface area contributed by atoms with Crippen molar-refractivity contribution < 1.29 is 31.3 Å². The molecular formula is C17H36NOZr. The topological polar surface area (TPSA) is 32.3 Å². The fourth-order valence-corrected chi connectivity index (χ4v) is 1.60. The second-order valence-corrected chi connectivity index (χ2v) is 6.24. The monoisotopic (exact) mass is 360 g/mol. The van der Waals surface area contributed by atoms with Crippen molar-refractivity contribution >= 4 is 0 Å². The number of aliphatic hydroxyl groups is 1. The van der Waals surface area contributed by atoms with Crippen molar-refractivity contribution in [2.24, 2.45) is 11.8 Å². The summed E-state index contributed by atoms with van der Waals surface area (Å²) in [4.78, 5) is 0. The van der Waals surface area contributed by atoms with Gasteiger partial charge in [0.15, 0.2) is 0 Å². The maximum atomic E-state index is 8.94. The maximum absolute atomic E-state index is 8.94. The van der Waals surface area contributed by atoms with E-state index in [0.29, 0.717) is 30.5 Å². The van der Waals surface area contributed by atoms with Crippen molar-refractivity contribution in [2.75, 3.05) is 6.54 Å². The van der Waals surface area contributed by atoms with E-state index in [1.807, 2.05) is 0 Å². The van der Waals surface area contributed by atoms with Crippen LogP contribution in [0.25, 0.3) is 0 Å². The minimum Gasteiger partial charge on any atom is -0.562 e. The molecule has 2 nitrogen and oxygen atoms in total. The van der Waals surface area contributed by atoms with Crippen LogP contribution in [0.4, 0.5) is 0 Å². The van der Waals surface area contributed by atoms with E-state index >= 15 is 0 Å². The normalized spacial score (nSPS) is 15.2. The van der Waals surface area contributed by atoms with Crippen molar-refractivity contribution in [3.05, 3.63) is 20.0 Å². The van der Waals surface area contributed by atoms with Crippen LogP contribution in [-0.4, -0.2) is 17.7 Å². The third-order valence-electron chi connectivity index (χ3n) is 2.25. The maximum Gasteiger partial charge on any atom is 3.00 e. The number of hydrogen-bond donors (Lipinski definition) is 2. The Morgan fingerprint density at radius 1 is 1.05 bits per heavy atom. The number of hydrogen-bond acceptors (Lipinski definition) is 2. The van der Waals surface area contributed by atoms with Gasteiger partial charge < -0.3 is 24.3 Å². The van der Waals surface area contributed by atoms with Gasteiger partial charge in [-0.15, -0.1) is 6.54 Å². The van der Waals surface area contributed by atoms with Crippen LogP contribution in [-0.2, 0) is 26.2 Å². The Labute approximate surface area is 147 Å². The Bertz CT molecular complexity index is 155. The molecule has 0 heterocycles. The molecule has 0 atom stereocenters. The molecule has 1 aliphatic rings. The molecular weight excluding hydrogens is 325 g/mol. The van der Waals surface area contributed by atoms with Crippen LogP contribution >= 0.6 is 0 Å². The predicted octanol–water partition coefficient (Wildman–Crippen LogP) is 4.78. The molecule has 3 heteroatoms. The van der Waals surface area contributed by atoms with Gasteiger partial charge in [0.25, 0.3) is 0 Å². The van der Waals surface area contributed by atoms with E-state index in [2.05, 4.69) is 46.9 Å². The van der Waals surface area contributed by atoms with Crippen molar-refractivity contribution in [1.29, 1.82) is 0 Å². The average Bonchev–Trinajstić information content (AvgIpc) is 2.26. The SMILES string of the molecule is C[C-](O)CNC1CCCCC1.[CH2-]C(C)C.[CH2-]C(C)C.[Zr+3]. The van der Waals surface area contributed by atoms with Gasteiger partial charge in [-0.1, -0.05) is 47.0 Å². The molecule has 0 aliphatic heterocycles. The Kier molecular flexibility index (Phi) is 23.0. The van der Waals surface area contributed by atoms with E-state index in [-0.39, 0.29) is 26.2 Å². The minimum absolute atomic E-state index is 0. The van der Waals surface area contributed by atoms with Gasteiger partial charge in [0.1, 0.15) is 0 Å². The predicted molar refractivity (Wildman–Crippen MR) is 86.1 cm³/mol. The summed E-state index contributed by atoms with van der Waals surface area (Å²) >= 11 is 0. The van der Waals surface area contributed by atoms with Gasteiger partial charge in [-0.05, 0) is 12.8 Å². The second kappa shape index (κ2) is 17.9. The summed E-state index contributed by atoms with van der Waals surface area (Å²) in [6, 6.07) is 0.658. The molecule has 0 aromatic rings. The van der Waals surface area contributed by atoms with Gasteiger partial charge in [0, 0.05) is 6.04 Å². The van der Waals surface area contributed by atoms with Gasteiger partial charge in [-0.2, -0.15) is 24.9 Å². The van der Waals surface area contributed by atoms with Crippen LogP contribution in [0.2, 0.25) is 0 Å². The van der Waals surface area contributed by atoms with E-state index in [1.165, 1.54) is 32.1 Å². The first-order valence-electron chi connectivity index (χ1n) is 7.66. The van der Waals surface area contributed by atoms with Crippen molar-refractivity contribution in [3.8, 4) is 0 Å². The molecule has 0 unspecified atom stereocenters. The number of aliphatic hydroxyl groups excluding tert-OH is 1. The minimum atomic E-state index is 0. The second-order valence-electron chi connectivity index (χ2n) is 6.24. The summed E-state index contributed by atoms with van der Waals surface area (Å²) in [7, 11) is 0. The van der Waals surface area contributed by atoms with Gasteiger partial charge >= 0.3 is 26.2 Å². The van der Waals surface area contributed by atoms with Crippen molar-refractivity contribution in [1.82, 2.24) is 5.32 Å². The van der Waals surface area contributed by atoms with Crippen LogP contribution in [0.15, 0.2) is 0 Å². The van der Waals surface area contributed by atoms with Crippen molar-refractivity contribution in [2.45, 2.75) is 72.8 Å². The molecule has 1 aliphatic carbocycles. The van der Waals surface area contributed by atoms with Crippen LogP contribution in [0.5, 0.6) is 0 Å². The van der Waals surface area contributed by atoms with E-state index in [4.69, 9.17) is 5.11 Å². The zero-order chi connectivity index (χ0) is 15.3. The standard InChI is InChI=1S/C9H18NO.2C4H9.Zr/c1-8(11)7-10-9-5-3-2-4-6-9;2*1-4(2)3;/h9-11H,2-7H2,1H3;2*4H,1H2,2-3H3;/q3*-1;+3. The molecule has 1 fully saturated rings.